The molecule has 1 aliphatic heterocycles. The maximum absolute atomic E-state index is 14.5. The summed E-state index contributed by atoms with van der Waals surface area (Å²) in [6, 6.07) is 11.1. The molecule has 0 spiro atoms. The van der Waals surface area contributed by atoms with Gasteiger partial charge in [-0.15, -0.1) is 0 Å². The third-order valence-electron chi connectivity index (χ3n) is 6.24. The molecule has 3 aromatic rings. The van der Waals surface area contributed by atoms with E-state index in [1.54, 1.807) is 24.5 Å². The zero-order chi connectivity index (χ0) is 25.7. The summed E-state index contributed by atoms with van der Waals surface area (Å²) in [6.45, 7) is 2.78. The van der Waals surface area contributed by atoms with Gasteiger partial charge in [-0.05, 0) is 62.2 Å². The highest BCUT2D eigenvalue weighted by atomic mass is 19.1. The van der Waals surface area contributed by atoms with Gasteiger partial charge in [0, 0.05) is 35.6 Å². The van der Waals surface area contributed by atoms with Crippen LogP contribution in [-0.2, 0) is 0 Å². The highest BCUT2D eigenvalue weighted by molar-refractivity contribution is 6.11. The number of phenols is 1. The second-order valence-corrected chi connectivity index (χ2v) is 8.74. The van der Waals surface area contributed by atoms with Crippen LogP contribution in [0.15, 0.2) is 60.9 Å². The number of carbonyl (C=O) groups excluding carboxylic acids is 3. The molecule has 9 heteroatoms. The number of benzene rings is 2. The number of hydrogen-bond donors (Lipinski definition) is 4. The summed E-state index contributed by atoms with van der Waals surface area (Å²) in [4.78, 5) is 42.4. The summed E-state index contributed by atoms with van der Waals surface area (Å²) < 4.78 is 14.5. The SMILES string of the molecule is Cc1ccc(O)c(C(=O)c2ccc(C(=O)N[C@@H]3CCCNC[C@H]3NC(=O)c3ccncc3)cc2)c1F. The lowest BCUT2D eigenvalue weighted by Gasteiger charge is -2.27. The molecule has 2 atom stereocenters. The van der Waals surface area contributed by atoms with Gasteiger partial charge in [-0.1, -0.05) is 18.2 Å². The Bertz CT molecular complexity index is 1260. The van der Waals surface area contributed by atoms with Crippen molar-refractivity contribution < 1.29 is 23.9 Å². The van der Waals surface area contributed by atoms with Crippen LogP contribution in [0, 0.1) is 12.7 Å². The van der Waals surface area contributed by atoms with Crippen molar-refractivity contribution in [2.75, 3.05) is 13.1 Å². The van der Waals surface area contributed by atoms with Crippen molar-refractivity contribution in [1.82, 2.24) is 20.9 Å². The van der Waals surface area contributed by atoms with Gasteiger partial charge in [0.15, 0.2) is 5.78 Å². The smallest absolute Gasteiger partial charge is 0.251 e. The topological polar surface area (TPSA) is 120 Å². The molecule has 36 heavy (non-hydrogen) atoms. The van der Waals surface area contributed by atoms with Crippen LogP contribution in [-0.4, -0.2) is 52.9 Å². The van der Waals surface area contributed by atoms with E-state index >= 15 is 0 Å². The number of halogens is 1. The quantitative estimate of drug-likeness (QED) is 0.395. The highest BCUT2D eigenvalue weighted by Gasteiger charge is 2.27. The summed E-state index contributed by atoms with van der Waals surface area (Å²) in [5, 5.41) is 19.3. The lowest BCUT2D eigenvalue weighted by Crippen LogP contribution is -2.54. The number of phenolic OH excluding ortho intramolecular Hbond substituents is 1. The van der Waals surface area contributed by atoms with Crippen molar-refractivity contribution in [2.24, 2.45) is 0 Å². The van der Waals surface area contributed by atoms with E-state index in [0.717, 1.165) is 13.0 Å². The average Bonchev–Trinajstić information content (AvgIpc) is 3.11. The maximum atomic E-state index is 14.5. The average molecular weight is 491 g/mol. The molecule has 2 amide bonds. The number of aromatic nitrogens is 1. The largest absolute Gasteiger partial charge is 0.507 e. The standard InChI is InChI=1S/C27H27FN4O4/c1-16-4-9-22(33)23(24(16)28)25(34)17-5-7-18(8-6-17)26(35)31-20-3-2-12-30-15-21(20)32-27(36)19-10-13-29-14-11-19/h4-11,13-14,20-21,30,33H,2-3,12,15H2,1H3,(H,31,35)(H,32,36)/t20-,21-/m1/s1. The maximum Gasteiger partial charge on any atom is 0.251 e. The fourth-order valence-corrected chi connectivity index (χ4v) is 4.18. The molecule has 186 valence electrons. The Hall–Kier alpha value is -4.11. The Morgan fingerprint density at radius 2 is 1.53 bits per heavy atom. The zero-order valence-corrected chi connectivity index (χ0v) is 19.8. The van der Waals surface area contributed by atoms with Crippen LogP contribution in [0.4, 0.5) is 4.39 Å². The molecule has 0 saturated carbocycles. The van der Waals surface area contributed by atoms with Gasteiger partial charge in [0.2, 0.25) is 0 Å². The zero-order valence-electron chi connectivity index (χ0n) is 19.8. The third kappa shape index (κ3) is 5.58. The molecular formula is C27H27FN4O4. The predicted molar refractivity (Wildman–Crippen MR) is 132 cm³/mol. The summed E-state index contributed by atoms with van der Waals surface area (Å²) in [5.74, 6) is -2.49. The lowest BCUT2D eigenvalue weighted by atomic mass is 9.98. The summed E-state index contributed by atoms with van der Waals surface area (Å²) in [5.41, 5.74) is 0.793. The van der Waals surface area contributed by atoms with Crippen molar-refractivity contribution in [3.05, 3.63) is 94.6 Å². The van der Waals surface area contributed by atoms with Gasteiger partial charge < -0.3 is 21.1 Å². The van der Waals surface area contributed by atoms with Crippen molar-refractivity contribution in [3.8, 4) is 5.75 Å². The molecule has 0 aliphatic carbocycles. The predicted octanol–water partition coefficient (Wildman–Crippen LogP) is 2.75. The molecule has 1 saturated heterocycles. The van der Waals surface area contributed by atoms with Gasteiger partial charge in [0.05, 0.1) is 12.1 Å². The van der Waals surface area contributed by atoms with Gasteiger partial charge in [-0.2, -0.15) is 0 Å². The fraction of sp³-hybridized carbons (Fsp3) is 0.259. The second-order valence-electron chi connectivity index (χ2n) is 8.74. The monoisotopic (exact) mass is 490 g/mol. The number of nitrogens with zero attached hydrogens (tertiary/aromatic N) is 1. The first kappa shape index (κ1) is 25.0. The van der Waals surface area contributed by atoms with Crippen LogP contribution >= 0.6 is 0 Å². The molecular weight excluding hydrogens is 463 g/mol. The van der Waals surface area contributed by atoms with E-state index in [2.05, 4.69) is 20.9 Å². The lowest BCUT2D eigenvalue weighted by molar-refractivity contribution is 0.0882. The normalized spacial score (nSPS) is 17.6. The van der Waals surface area contributed by atoms with Crippen LogP contribution in [0.5, 0.6) is 5.75 Å². The minimum atomic E-state index is -0.774. The molecule has 1 aliphatic rings. The molecule has 0 radical (unpaired) electrons. The first-order valence-electron chi connectivity index (χ1n) is 11.7. The first-order chi connectivity index (χ1) is 17.3. The van der Waals surface area contributed by atoms with Gasteiger partial charge in [-0.3, -0.25) is 19.4 Å². The molecule has 2 heterocycles. The summed E-state index contributed by atoms with van der Waals surface area (Å²) in [6.07, 6.45) is 4.58. The minimum absolute atomic E-state index is 0.146. The van der Waals surface area contributed by atoms with E-state index in [1.165, 1.54) is 43.3 Å². The van der Waals surface area contributed by atoms with Crippen LogP contribution in [0.1, 0.15) is 55.0 Å². The Balaban J connectivity index is 1.46. The van der Waals surface area contributed by atoms with E-state index in [4.69, 9.17) is 0 Å². The van der Waals surface area contributed by atoms with Crippen molar-refractivity contribution in [1.29, 1.82) is 0 Å². The third-order valence-corrected chi connectivity index (χ3v) is 6.24. The number of aryl methyl sites for hydroxylation is 1. The Morgan fingerprint density at radius 3 is 2.22 bits per heavy atom. The van der Waals surface area contributed by atoms with Crippen molar-refractivity contribution in [2.45, 2.75) is 31.8 Å². The Morgan fingerprint density at radius 1 is 0.917 bits per heavy atom. The van der Waals surface area contributed by atoms with E-state index in [9.17, 15) is 23.9 Å². The molecule has 0 bridgehead atoms. The summed E-state index contributed by atoms with van der Waals surface area (Å²) >= 11 is 0. The Labute approximate surface area is 208 Å². The van der Waals surface area contributed by atoms with Crippen LogP contribution < -0.4 is 16.0 Å². The van der Waals surface area contributed by atoms with Crippen LogP contribution in [0.2, 0.25) is 0 Å². The van der Waals surface area contributed by atoms with E-state index < -0.39 is 22.9 Å². The molecule has 8 nitrogen and oxygen atoms in total. The molecule has 1 fully saturated rings. The van der Waals surface area contributed by atoms with E-state index in [0.29, 0.717) is 24.1 Å². The number of hydrogen-bond acceptors (Lipinski definition) is 6. The number of aromatic hydroxyl groups is 1. The number of rotatable bonds is 6. The van der Waals surface area contributed by atoms with E-state index in [-0.39, 0.29) is 35.0 Å². The second kappa shape index (κ2) is 11.1. The van der Waals surface area contributed by atoms with Crippen molar-refractivity contribution >= 4 is 17.6 Å². The Kier molecular flexibility index (Phi) is 7.70. The fourth-order valence-electron chi connectivity index (χ4n) is 4.18. The number of ketones is 1. The number of carbonyl (C=O) groups is 3. The van der Waals surface area contributed by atoms with Crippen LogP contribution in [0.25, 0.3) is 0 Å². The molecule has 0 unspecified atom stereocenters. The van der Waals surface area contributed by atoms with Gasteiger partial charge in [0.1, 0.15) is 17.1 Å². The molecule has 4 N–H and O–H groups in total. The summed E-state index contributed by atoms with van der Waals surface area (Å²) in [7, 11) is 0. The van der Waals surface area contributed by atoms with Gasteiger partial charge >= 0.3 is 0 Å². The molecule has 2 aromatic carbocycles. The van der Waals surface area contributed by atoms with Crippen LogP contribution in [0.3, 0.4) is 0 Å². The van der Waals surface area contributed by atoms with Gasteiger partial charge in [-0.25, -0.2) is 4.39 Å². The number of nitrogens with one attached hydrogen (secondary N) is 3. The van der Waals surface area contributed by atoms with Crippen molar-refractivity contribution in [3.63, 3.8) is 0 Å². The number of pyridine rings is 1. The first-order valence-corrected chi connectivity index (χ1v) is 11.7. The van der Waals surface area contributed by atoms with Gasteiger partial charge in [0.25, 0.3) is 11.8 Å². The molecule has 1 aromatic heterocycles. The van der Waals surface area contributed by atoms with E-state index in [1.807, 2.05) is 0 Å². The molecule has 4 rings (SSSR count). The highest BCUT2D eigenvalue weighted by Crippen LogP contribution is 2.26. The number of amides is 2. The minimum Gasteiger partial charge on any atom is -0.507 e.